The molecule has 2 aromatic rings. The van der Waals surface area contributed by atoms with Crippen molar-refractivity contribution >= 4 is 40.8 Å². The summed E-state index contributed by atoms with van der Waals surface area (Å²) in [6, 6.07) is 13.7. The van der Waals surface area contributed by atoms with E-state index in [-0.39, 0.29) is 17.7 Å². The van der Waals surface area contributed by atoms with Crippen LogP contribution in [-0.2, 0) is 14.3 Å². The Hall–Kier alpha value is -3.59. The summed E-state index contributed by atoms with van der Waals surface area (Å²) in [6.07, 6.45) is 1.65. The molecule has 1 aliphatic heterocycles. The Bertz CT molecular complexity index is 1050. The summed E-state index contributed by atoms with van der Waals surface area (Å²) in [5.74, 6) is -0.487. The highest BCUT2D eigenvalue weighted by atomic mass is 32.2. The Morgan fingerprint density at radius 2 is 1.87 bits per heavy atom. The SMILES string of the molecule is CCOc1cc(/C=C2\SC(=NC(=O)c3ccccc3)NC2=O)ccc1OCC(=O)OC. The van der Waals surface area contributed by atoms with Gasteiger partial charge in [-0.05, 0) is 54.6 Å². The highest BCUT2D eigenvalue weighted by Gasteiger charge is 2.25. The maximum absolute atomic E-state index is 12.3. The van der Waals surface area contributed by atoms with E-state index in [1.807, 2.05) is 6.92 Å². The number of carbonyl (C=O) groups excluding carboxylic acids is 3. The molecule has 0 aromatic heterocycles. The minimum absolute atomic E-state index is 0.216. The predicted octanol–water partition coefficient (Wildman–Crippen LogP) is 3.04. The third-order valence-corrected chi connectivity index (χ3v) is 4.92. The van der Waals surface area contributed by atoms with Gasteiger partial charge in [-0.2, -0.15) is 4.99 Å². The van der Waals surface area contributed by atoms with Crippen molar-refractivity contribution in [1.29, 1.82) is 0 Å². The van der Waals surface area contributed by atoms with Crippen LogP contribution in [0.5, 0.6) is 11.5 Å². The monoisotopic (exact) mass is 440 g/mol. The molecule has 1 saturated heterocycles. The topological polar surface area (TPSA) is 103 Å². The molecule has 0 spiro atoms. The number of ether oxygens (including phenoxy) is 3. The largest absolute Gasteiger partial charge is 0.490 e. The van der Waals surface area contributed by atoms with Crippen LogP contribution < -0.4 is 14.8 Å². The zero-order valence-electron chi connectivity index (χ0n) is 16.9. The third kappa shape index (κ3) is 5.95. The van der Waals surface area contributed by atoms with Crippen LogP contribution >= 0.6 is 11.8 Å². The summed E-state index contributed by atoms with van der Waals surface area (Å²) in [7, 11) is 1.28. The lowest BCUT2D eigenvalue weighted by Crippen LogP contribution is -2.20. The first-order valence-electron chi connectivity index (χ1n) is 9.35. The Balaban J connectivity index is 1.77. The van der Waals surface area contributed by atoms with Crippen LogP contribution in [0.4, 0.5) is 0 Å². The molecule has 8 nitrogen and oxygen atoms in total. The molecular weight excluding hydrogens is 420 g/mol. The average Bonchev–Trinajstić information content (AvgIpc) is 3.12. The number of methoxy groups -OCH3 is 1. The highest BCUT2D eigenvalue weighted by molar-refractivity contribution is 8.18. The molecule has 1 heterocycles. The van der Waals surface area contributed by atoms with Crippen molar-refractivity contribution < 1.29 is 28.6 Å². The first-order valence-corrected chi connectivity index (χ1v) is 10.2. The Labute approximate surface area is 183 Å². The normalized spacial score (nSPS) is 15.6. The van der Waals surface area contributed by atoms with Crippen LogP contribution in [0, 0.1) is 0 Å². The van der Waals surface area contributed by atoms with Gasteiger partial charge < -0.3 is 19.5 Å². The minimum atomic E-state index is -0.510. The fourth-order valence-corrected chi connectivity index (χ4v) is 3.39. The standard InChI is InChI=1S/C22H20N2O6S/c1-3-29-17-11-14(9-10-16(17)30-13-19(25)28-2)12-18-21(27)24-22(31-18)23-20(26)15-7-5-4-6-8-15/h4-12H,3,13H2,1-2H3,(H,23,24,26,27)/b18-12-. The van der Waals surface area contributed by atoms with Gasteiger partial charge in [-0.25, -0.2) is 4.79 Å². The van der Waals surface area contributed by atoms with Gasteiger partial charge in [0.2, 0.25) is 0 Å². The second kappa shape index (κ2) is 10.4. The van der Waals surface area contributed by atoms with Gasteiger partial charge in [0, 0.05) is 5.56 Å². The van der Waals surface area contributed by atoms with E-state index in [0.717, 1.165) is 11.8 Å². The second-order valence-electron chi connectivity index (χ2n) is 6.16. The number of amides is 2. The van der Waals surface area contributed by atoms with Gasteiger partial charge in [-0.3, -0.25) is 9.59 Å². The summed E-state index contributed by atoms with van der Waals surface area (Å²) in [5, 5.41) is 2.81. The minimum Gasteiger partial charge on any atom is -0.490 e. The van der Waals surface area contributed by atoms with Crippen LogP contribution in [-0.4, -0.2) is 43.3 Å². The molecule has 2 aromatic carbocycles. The summed E-state index contributed by atoms with van der Waals surface area (Å²) >= 11 is 1.07. The van der Waals surface area contributed by atoms with Crippen LogP contribution in [0.25, 0.3) is 6.08 Å². The number of thioether (sulfide) groups is 1. The van der Waals surface area contributed by atoms with Crippen molar-refractivity contribution in [2.24, 2.45) is 4.99 Å². The number of carbonyl (C=O) groups is 3. The van der Waals surface area contributed by atoms with Gasteiger partial charge in [-0.15, -0.1) is 0 Å². The van der Waals surface area contributed by atoms with E-state index >= 15 is 0 Å². The molecule has 160 valence electrons. The maximum atomic E-state index is 12.3. The first kappa shape index (κ1) is 22.1. The molecule has 2 amide bonds. The molecular formula is C22H20N2O6S. The smallest absolute Gasteiger partial charge is 0.343 e. The van der Waals surface area contributed by atoms with Gasteiger partial charge in [0.25, 0.3) is 11.8 Å². The van der Waals surface area contributed by atoms with Gasteiger partial charge >= 0.3 is 5.97 Å². The lowest BCUT2D eigenvalue weighted by atomic mass is 10.2. The van der Waals surface area contributed by atoms with Gasteiger partial charge in [-0.1, -0.05) is 24.3 Å². The number of nitrogens with zero attached hydrogens (tertiary/aromatic N) is 1. The van der Waals surface area contributed by atoms with E-state index in [1.165, 1.54) is 7.11 Å². The maximum Gasteiger partial charge on any atom is 0.343 e. The number of esters is 1. The molecule has 31 heavy (non-hydrogen) atoms. The van der Waals surface area contributed by atoms with E-state index in [9.17, 15) is 14.4 Å². The number of aliphatic imine (C=N–C) groups is 1. The molecule has 0 radical (unpaired) electrons. The van der Waals surface area contributed by atoms with Crippen molar-refractivity contribution in [1.82, 2.24) is 5.32 Å². The van der Waals surface area contributed by atoms with E-state index < -0.39 is 11.9 Å². The number of amidine groups is 1. The molecule has 1 N–H and O–H groups in total. The van der Waals surface area contributed by atoms with Crippen LogP contribution in [0.2, 0.25) is 0 Å². The number of hydrogen-bond donors (Lipinski definition) is 1. The van der Waals surface area contributed by atoms with Crippen molar-refractivity contribution in [3.63, 3.8) is 0 Å². The van der Waals surface area contributed by atoms with Crippen LogP contribution in [0.3, 0.4) is 0 Å². The van der Waals surface area contributed by atoms with E-state index in [4.69, 9.17) is 9.47 Å². The number of rotatable bonds is 7. The molecule has 1 fully saturated rings. The first-order chi connectivity index (χ1) is 15.0. The zero-order chi connectivity index (χ0) is 22.2. The van der Waals surface area contributed by atoms with Gasteiger partial charge in [0.15, 0.2) is 23.3 Å². The van der Waals surface area contributed by atoms with Crippen LogP contribution in [0.15, 0.2) is 58.4 Å². The van der Waals surface area contributed by atoms with Crippen molar-refractivity contribution in [2.45, 2.75) is 6.92 Å². The van der Waals surface area contributed by atoms with E-state index in [2.05, 4.69) is 15.0 Å². The molecule has 0 unspecified atom stereocenters. The van der Waals surface area contributed by atoms with Crippen molar-refractivity contribution in [2.75, 3.05) is 20.3 Å². The van der Waals surface area contributed by atoms with E-state index in [1.54, 1.807) is 54.6 Å². The number of hydrogen-bond acceptors (Lipinski definition) is 7. The zero-order valence-corrected chi connectivity index (χ0v) is 17.7. The van der Waals surface area contributed by atoms with Gasteiger partial charge in [0.1, 0.15) is 0 Å². The molecule has 0 saturated carbocycles. The molecule has 0 bridgehead atoms. The van der Waals surface area contributed by atoms with Crippen LogP contribution in [0.1, 0.15) is 22.8 Å². The Kier molecular flexibility index (Phi) is 7.45. The summed E-state index contributed by atoms with van der Waals surface area (Å²) in [4.78, 5) is 40.2. The predicted molar refractivity (Wildman–Crippen MR) is 117 cm³/mol. The van der Waals surface area contributed by atoms with Crippen molar-refractivity contribution in [3.05, 3.63) is 64.6 Å². The number of nitrogens with one attached hydrogen (secondary N) is 1. The Morgan fingerprint density at radius 1 is 1.10 bits per heavy atom. The summed E-state index contributed by atoms with van der Waals surface area (Å²) in [5.41, 5.74) is 1.12. The molecule has 0 atom stereocenters. The third-order valence-electron chi connectivity index (χ3n) is 4.01. The molecule has 3 rings (SSSR count). The lowest BCUT2D eigenvalue weighted by molar-refractivity contribution is -0.142. The lowest BCUT2D eigenvalue weighted by Gasteiger charge is -2.12. The fourth-order valence-electron chi connectivity index (χ4n) is 2.57. The molecule has 9 heteroatoms. The van der Waals surface area contributed by atoms with E-state index in [0.29, 0.717) is 34.1 Å². The van der Waals surface area contributed by atoms with Crippen molar-refractivity contribution in [3.8, 4) is 11.5 Å². The molecule has 0 aliphatic carbocycles. The average molecular weight is 440 g/mol. The molecule has 1 aliphatic rings. The highest BCUT2D eigenvalue weighted by Crippen LogP contribution is 2.32. The summed E-state index contributed by atoms with van der Waals surface area (Å²) in [6.45, 7) is 1.97. The Morgan fingerprint density at radius 3 is 2.58 bits per heavy atom. The fraction of sp³-hybridized carbons (Fsp3) is 0.182. The second-order valence-corrected chi connectivity index (χ2v) is 7.19. The van der Waals surface area contributed by atoms with Gasteiger partial charge in [0.05, 0.1) is 18.6 Å². The quantitative estimate of drug-likeness (QED) is 0.521. The number of benzene rings is 2. The summed E-state index contributed by atoms with van der Waals surface area (Å²) < 4.78 is 15.6.